The van der Waals surface area contributed by atoms with Gasteiger partial charge < -0.3 is 9.64 Å². The fraction of sp³-hybridized carbons (Fsp3) is 1.00. The zero-order chi connectivity index (χ0) is 17.3. The van der Waals surface area contributed by atoms with Crippen LogP contribution in [0.15, 0.2) is 0 Å². The molecule has 2 fully saturated rings. The van der Waals surface area contributed by atoms with Crippen molar-refractivity contribution in [1.29, 1.82) is 0 Å². The Balaban J connectivity index is 1.73. The minimum atomic E-state index is 0.00641. The van der Waals surface area contributed by atoms with E-state index in [2.05, 4.69) is 58.3 Å². The molecule has 0 unspecified atom stereocenters. The van der Waals surface area contributed by atoms with Crippen molar-refractivity contribution in [2.75, 3.05) is 26.2 Å². The van der Waals surface area contributed by atoms with Gasteiger partial charge in [-0.1, -0.05) is 6.92 Å². The molecule has 2 aliphatic rings. The molecule has 0 bridgehead atoms. The number of nitrogens with zero attached hydrogens (tertiary/aromatic N) is 2. The summed E-state index contributed by atoms with van der Waals surface area (Å²) < 4.78 is 6.11. The molecule has 0 amide bonds. The summed E-state index contributed by atoms with van der Waals surface area (Å²) in [5, 5.41) is 0. The van der Waals surface area contributed by atoms with Crippen LogP contribution in [0.4, 0.5) is 0 Å². The van der Waals surface area contributed by atoms with Gasteiger partial charge in [0.05, 0.1) is 11.7 Å². The van der Waals surface area contributed by atoms with Crippen LogP contribution in [0.5, 0.6) is 0 Å². The molecule has 0 N–H and O–H groups in total. The molecule has 23 heavy (non-hydrogen) atoms. The van der Waals surface area contributed by atoms with Crippen LogP contribution >= 0.6 is 0 Å². The minimum Gasteiger partial charge on any atom is -0.373 e. The van der Waals surface area contributed by atoms with Gasteiger partial charge in [0, 0.05) is 18.1 Å². The summed E-state index contributed by atoms with van der Waals surface area (Å²) in [6, 6.07) is 0.757. The van der Waals surface area contributed by atoms with Gasteiger partial charge in [-0.25, -0.2) is 0 Å². The van der Waals surface area contributed by atoms with Crippen molar-refractivity contribution >= 4 is 0 Å². The average Bonchev–Trinajstić information content (AvgIpc) is 2.39. The van der Waals surface area contributed by atoms with Crippen LogP contribution in [-0.2, 0) is 4.74 Å². The van der Waals surface area contributed by atoms with E-state index in [0.29, 0.717) is 11.6 Å². The van der Waals surface area contributed by atoms with Gasteiger partial charge in [0.25, 0.3) is 0 Å². The molecular formula is C20H40N2O. The zero-order valence-electron chi connectivity index (χ0n) is 16.7. The van der Waals surface area contributed by atoms with E-state index in [4.69, 9.17) is 4.74 Å². The Morgan fingerprint density at radius 1 is 1.00 bits per heavy atom. The van der Waals surface area contributed by atoms with Gasteiger partial charge >= 0.3 is 0 Å². The summed E-state index contributed by atoms with van der Waals surface area (Å²) in [7, 11) is 0. The average molecular weight is 325 g/mol. The Labute approximate surface area is 144 Å². The molecule has 1 aliphatic carbocycles. The highest BCUT2D eigenvalue weighted by Crippen LogP contribution is 2.33. The van der Waals surface area contributed by atoms with Crippen molar-refractivity contribution in [1.82, 2.24) is 9.80 Å². The second-order valence-electron chi connectivity index (χ2n) is 9.67. The first kappa shape index (κ1) is 19.2. The lowest BCUT2D eigenvalue weighted by molar-refractivity contribution is -0.121. The monoisotopic (exact) mass is 324 g/mol. The summed E-state index contributed by atoms with van der Waals surface area (Å²) >= 11 is 0. The van der Waals surface area contributed by atoms with Crippen LogP contribution in [-0.4, -0.2) is 59.3 Å². The van der Waals surface area contributed by atoms with Gasteiger partial charge in [0.1, 0.15) is 0 Å². The summed E-state index contributed by atoms with van der Waals surface area (Å²) in [6.07, 6.45) is 5.67. The largest absolute Gasteiger partial charge is 0.373 e. The van der Waals surface area contributed by atoms with Gasteiger partial charge in [-0.15, -0.1) is 0 Å². The van der Waals surface area contributed by atoms with Crippen LogP contribution in [0, 0.1) is 5.92 Å². The van der Waals surface area contributed by atoms with E-state index in [9.17, 15) is 0 Å². The van der Waals surface area contributed by atoms with E-state index in [0.717, 1.165) is 12.0 Å². The van der Waals surface area contributed by atoms with Crippen molar-refractivity contribution in [2.24, 2.45) is 5.92 Å². The van der Waals surface area contributed by atoms with E-state index in [-0.39, 0.29) is 5.60 Å². The third kappa shape index (κ3) is 5.72. The Kier molecular flexibility index (Phi) is 6.19. The molecule has 2 rings (SSSR count). The topological polar surface area (TPSA) is 15.7 Å². The molecule has 1 saturated heterocycles. The number of hydrogen-bond acceptors (Lipinski definition) is 3. The summed E-state index contributed by atoms with van der Waals surface area (Å²) in [5.74, 6) is 0.885. The predicted octanol–water partition coefficient (Wildman–Crippen LogP) is 4.16. The fourth-order valence-corrected chi connectivity index (χ4v) is 4.09. The van der Waals surface area contributed by atoms with Gasteiger partial charge in [0.15, 0.2) is 0 Å². The summed E-state index contributed by atoms with van der Waals surface area (Å²) in [5.41, 5.74) is 0.341. The standard InChI is InChI=1S/C20H40N2O/c1-8-21(17-13-18(14-17)23-20(5,6)7)15-16-9-11-22(12-10-16)19(2,3)4/h16-18H,8-15H2,1-7H3/t17-,18-. The maximum absolute atomic E-state index is 6.11. The Hall–Kier alpha value is -0.120. The number of piperidine rings is 1. The Morgan fingerprint density at radius 2 is 1.57 bits per heavy atom. The van der Waals surface area contributed by atoms with E-state index < -0.39 is 0 Å². The SMILES string of the molecule is CCN(CC1CCN(C(C)(C)C)CC1)[C@H]1C[C@H](OC(C)(C)C)C1. The van der Waals surface area contributed by atoms with Crippen LogP contribution in [0.2, 0.25) is 0 Å². The van der Waals surface area contributed by atoms with Gasteiger partial charge in [0.2, 0.25) is 0 Å². The molecule has 3 nitrogen and oxygen atoms in total. The lowest BCUT2D eigenvalue weighted by Crippen LogP contribution is -2.52. The van der Waals surface area contributed by atoms with Crippen molar-refractivity contribution in [3.05, 3.63) is 0 Å². The van der Waals surface area contributed by atoms with Crippen molar-refractivity contribution in [2.45, 2.75) is 97.4 Å². The first-order valence-corrected chi connectivity index (χ1v) is 9.75. The zero-order valence-corrected chi connectivity index (χ0v) is 16.7. The molecule has 136 valence electrons. The highest BCUT2D eigenvalue weighted by atomic mass is 16.5. The van der Waals surface area contributed by atoms with Crippen LogP contribution in [0.25, 0.3) is 0 Å². The maximum atomic E-state index is 6.11. The lowest BCUT2D eigenvalue weighted by atomic mass is 9.85. The van der Waals surface area contributed by atoms with Crippen molar-refractivity contribution in [3.8, 4) is 0 Å². The smallest absolute Gasteiger partial charge is 0.0612 e. The van der Waals surface area contributed by atoms with Gasteiger partial charge in [-0.3, -0.25) is 4.90 Å². The summed E-state index contributed by atoms with van der Waals surface area (Å²) in [6.45, 7) is 20.9. The molecule has 0 aromatic carbocycles. The van der Waals surface area contributed by atoms with E-state index >= 15 is 0 Å². The maximum Gasteiger partial charge on any atom is 0.0612 e. The predicted molar refractivity (Wildman–Crippen MR) is 98.9 cm³/mol. The highest BCUT2D eigenvalue weighted by molar-refractivity contribution is 4.91. The van der Waals surface area contributed by atoms with Gasteiger partial charge in [-0.05, 0) is 92.8 Å². The van der Waals surface area contributed by atoms with E-state index in [1.807, 2.05) is 0 Å². The Bertz CT molecular complexity index is 355. The number of rotatable bonds is 5. The first-order chi connectivity index (χ1) is 10.6. The molecule has 1 aliphatic heterocycles. The van der Waals surface area contributed by atoms with Crippen molar-refractivity contribution < 1.29 is 4.74 Å². The fourth-order valence-electron chi connectivity index (χ4n) is 4.09. The second kappa shape index (κ2) is 7.41. The third-order valence-electron chi connectivity index (χ3n) is 5.57. The third-order valence-corrected chi connectivity index (χ3v) is 5.57. The molecule has 1 saturated carbocycles. The normalized spacial score (nSPS) is 28.2. The molecule has 0 spiro atoms. The molecule has 0 aromatic heterocycles. The minimum absolute atomic E-state index is 0.00641. The molecule has 0 radical (unpaired) electrons. The van der Waals surface area contributed by atoms with Gasteiger partial charge in [-0.2, -0.15) is 0 Å². The van der Waals surface area contributed by atoms with E-state index in [1.165, 1.54) is 51.9 Å². The first-order valence-electron chi connectivity index (χ1n) is 9.75. The lowest BCUT2D eigenvalue weighted by Gasteiger charge is -2.47. The van der Waals surface area contributed by atoms with Crippen LogP contribution in [0.1, 0.15) is 74.1 Å². The number of likely N-dealkylation sites (tertiary alicyclic amines) is 1. The Morgan fingerprint density at radius 3 is 2.00 bits per heavy atom. The quantitative estimate of drug-likeness (QED) is 0.755. The second-order valence-corrected chi connectivity index (χ2v) is 9.67. The number of hydrogen-bond donors (Lipinski definition) is 0. The highest BCUT2D eigenvalue weighted by Gasteiger charge is 2.37. The molecule has 1 heterocycles. The molecule has 0 atom stereocenters. The molecular weight excluding hydrogens is 284 g/mol. The molecule has 3 heteroatoms. The summed E-state index contributed by atoms with van der Waals surface area (Å²) in [4.78, 5) is 5.37. The molecule has 0 aromatic rings. The van der Waals surface area contributed by atoms with E-state index in [1.54, 1.807) is 0 Å². The van der Waals surface area contributed by atoms with Crippen LogP contribution in [0.3, 0.4) is 0 Å². The van der Waals surface area contributed by atoms with Crippen LogP contribution < -0.4 is 0 Å². The number of ether oxygens (including phenoxy) is 1. The van der Waals surface area contributed by atoms with Crippen molar-refractivity contribution in [3.63, 3.8) is 0 Å².